The highest BCUT2D eigenvalue weighted by molar-refractivity contribution is 9.10. The predicted molar refractivity (Wildman–Crippen MR) is 50.2 cm³/mol. The van der Waals surface area contributed by atoms with E-state index in [2.05, 4.69) is 20.7 Å². The maximum Gasteiger partial charge on any atom is 0.573 e. The van der Waals surface area contributed by atoms with Crippen molar-refractivity contribution in [3.05, 3.63) is 21.6 Å². The van der Waals surface area contributed by atoms with Gasteiger partial charge in [-0.15, -0.1) is 13.2 Å². The number of anilines is 1. The largest absolute Gasteiger partial charge is 0.573 e. The SMILES string of the molecule is Nc1ccc(OC(F)(F)F)c(Br)c1Cl. The molecular weight excluding hydrogens is 286 g/mol. The van der Waals surface area contributed by atoms with Crippen LogP contribution in [0.2, 0.25) is 5.02 Å². The van der Waals surface area contributed by atoms with Crippen LogP contribution in [0.1, 0.15) is 0 Å². The molecule has 1 rings (SSSR count). The molecule has 0 amide bonds. The van der Waals surface area contributed by atoms with Crippen molar-refractivity contribution < 1.29 is 17.9 Å². The summed E-state index contributed by atoms with van der Waals surface area (Å²) in [5.74, 6) is -0.420. The lowest BCUT2D eigenvalue weighted by molar-refractivity contribution is -0.274. The summed E-state index contributed by atoms with van der Waals surface area (Å²) >= 11 is 8.44. The zero-order chi connectivity index (χ0) is 10.9. The predicted octanol–water partition coefficient (Wildman–Crippen LogP) is 3.58. The molecule has 14 heavy (non-hydrogen) atoms. The van der Waals surface area contributed by atoms with E-state index in [0.29, 0.717) is 0 Å². The van der Waals surface area contributed by atoms with E-state index in [-0.39, 0.29) is 15.2 Å². The number of hydrogen-bond acceptors (Lipinski definition) is 2. The Hall–Kier alpha value is -0.620. The van der Waals surface area contributed by atoms with Gasteiger partial charge in [0.25, 0.3) is 0 Å². The molecule has 0 fully saturated rings. The zero-order valence-corrected chi connectivity index (χ0v) is 8.87. The van der Waals surface area contributed by atoms with Crippen LogP contribution >= 0.6 is 27.5 Å². The van der Waals surface area contributed by atoms with Crippen LogP contribution in [-0.2, 0) is 0 Å². The van der Waals surface area contributed by atoms with E-state index in [4.69, 9.17) is 17.3 Å². The minimum Gasteiger partial charge on any atom is -0.405 e. The summed E-state index contributed by atoms with van der Waals surface area (Å²) < 4.78 is 39.2. The summed E-state index contributed by atoms with van der Waals surface area (Å²) in [4.78, 5) is 0. The van der Waals surface area contributed by atoms with Gasteiger partial charge < -0.3 is 10.5 Å². The van der Waals surface area contributed by atoms with Gasteiger partial charge in [-0.1, -0.05) is 11.6 Å². The number of rotatable bonds is 1. The number of ether oxygens (including phenoxy) is 1. The Bertz CT molecular complexity index is 356. The summed E-state index contributed by atoms with van der Waals surface area (Å²) in [6, 6.07) is 2.31. The molecule has 0 saturated heterocycles. The number of halogens is 5. The van der Waals surface area contributed by atoms with Crippen LogP contribution in [-0.4, -0.2) is 6.36 Å². The number of hydrogen-bond donors (Lipinski definition) is 1. The molecule has 0 heterocycles. The van der Waals surface area contributed by atoms with Gasteiger partial charge >= 0.3 is 6.36 Å². The van der Waals surface area contributed by atoms with E-state index in [1.165, 1.54) is 6.07 Å². The van der Waals surface area contributed by atoms with E-state index in [1.54, 1.807) is 0 Å². The van der Waals surface area contributed by atoms with Crippen LogP contribution in [0.15, 0.2) is 16.6 Å². The molecule has 1 aromatic carbocycles. The van der Waals surface area contributed by atoms with Gasteiger partial charge in [0.05, 0.1) is 15.2 Å². The molecule has 0 aliphatic rings. The molecule has 0 radical (unpaired) electrons. The quantitative estimate of drug-likeness (QED) is 0.802. The molecule has 0 saturated carbocycles. The zero-order valence-electron chi connectivity index (χ0n) is 6.53. The van der Waals surface area contributed by atoms with Crippen molar-refractivity contribution in [2.45, 2.75) is 6.36 Å². The number of nitrogen functional groups attached to an aromatic ring is 1. The molecular formula is C7H4BrClF3NO. The van der Waals surface area contributed by atoms with Crippen molar-refractivity contribution >= 4 is 33.2 Å². The van der Waals surface area contributed by atoms with Gasteiger partial charge in [0.1, 0.15) is 5.75 Å². The minimum atomic E-state index is -4.75. The summed E-state index contributed by atoms with van der Waals surface area (Å²) in [5, 5.41) is -0.00764. The van der Waals surface area contributed by atoms with Crippen molar-refractivity contribution in [3.8, 4) is 5.75 Å². The summed E-state index contributed by atoms with van der Waals surface area (Å²) in [6.07, 6.45) is -4.75. The van der Waals surface area contributed by atoms with Crippen LogP contribution in [0.25, 0.3) is 0 Å². The fourth-order valence-electron chi connectivity index (χ4n) is 0.750. The first-order valence-electron chi connectivity index (χ1n) is 3.30. The molecule has 0 atom stereocenters. The second-order valence-corrected chi connectivity index (χ2v) is 3.50. The van der Waals surface area contributed by atoms with Crippen LogP contribution in [0.4, 0.5) is 18.9 Å². The van der Waals surface area contributed by atoms with Gasteiger partial charge in [-0.25, -0.2) is 0 Å². The second kappa shape index (κ2) is 3.86. The maximum absolute atomic E-state index is 11.8. The molecule has 0 unspecified atom stereocenters. The number of nitrogens with two attached hydrogens (primary N) is 1. The molecule has 0 aliphatic carbocycles. The van der Waals surface area contributed by atoms with E-state index < -0.39 is 12.1 Å². The Kier molecular flexibility index (Phi) is 3.16. The topological polar surface area (TPSA) is 35.2 Å². The molecule has 1 aromatic rings. The highest BCUT2D eigenvalue weighted by atomic mass is 79.9. The highest BCUT2D eigenvalue weighted by Gasteiger charge is 2.32. The van der Waals surface area contributed by atoms with Crippen LogP contribution in [0.5, 0.6) is 5.75 Å². The monoisotopic (exact) mass is 289 g/mol. The highest BCUT2D eigenvalue weighted by Crippen LogP contribution is 2.38. The summed E-state index contributed by atoms with van der Waals surface area (Å²) in [7, 11) is 0. The molecule has 0 spiro atoms. The fourth-order valence-corrected chi connectivity index (χ4v) is 1.35. The standard InChI is InChI=1S/C7H4BrClF3NO/c8-5-4(14-7(10,11)12)2-1-3(13)6(5)9/h1-2H,13H2. The lowest BCUT2D eigenvalue weighted by Crippen LogP contribution is -2.17. The Balaban J connectivity index is 3.06. The number of alkyl halides is 3. The van der Waals surface area contributed by atoms with Gasteiger partial charge in [-0.05, 0) is 28.1 Å². The Labute approximate surface area is 90.9 Å². The lowest BCUT2D eigenvalue weighted by atomic mass is 10.3. The number of benzene rings is 1. The van der Waals surface area contributed by atoms with E-state index in [9.17, 15) is 13.2 Å². The maximum atomic E-state index is 11.8. The van der Waals surface area contributed by atoms with Gasteiger partial charge in [-0.2, -0.15) is 0 Å². The third-order valence-electron chi connectivity index (χ3n) is 1.30. The van der Waals surface area contributed by atoms with Crippen molar-refractivity contribution in [2.24, 2.45) is 0 Å². The third-order valence-corrected chi connectivity index (χ3v) is 2.73. The molecule has 78 valence electrons. The Morgan fingerprint density at radius 1 is 1.36 bits per heavy atom. The molecule has 2 N–H and O–H groups in total. The van der Waals surface area contributed by atoms with E-state index in [1.807, 2.05) is 0 Å². The van der Waals surface area contributed by atoms with Gasteiger partial charge in [0.15, 0.2) is 0 Å². The molecule has 2 nitrogen and oxygen atoms in total. The van der Waals surface area contributed by atoms with Gasteiger partial charge in [-0.3, -0.25) is 0 Å². The molecule has 0 aromatic heterocycles. The first-order valence-corrected chi connectivity index (χ1v) is 4.47. The van der Waals surface area contributed by atoms with Gasteiger partial charge in [0, 0.05) is 0 Å². The summed E-state index contributed by atoms with van der Waals surface area (Å²) in [6.45, 7) is 0. The fraction of sp³-hybridized carbons (Fsp3) is 0.143. The first-order chi connectivity index (χ1) is 6.31. The van der Waals surface area contributed by atoms with E-state index >= 15 is 0 Å². The Morgan fingerprint density at radius 3 is 2.43 bits per heavy atom. The van der Waals surface area contributed by atoms with Crippen LogP contribution in [0.3, 0.4) is 0 Å². The second-order valence-electron chi connectivity index (χ2n) is 2.33. The summed E-state index contributed by atoms with van der Waals surface area (Å²) in [5.41, 5.74) is 5.53. The molecule has 0 bridgehead atoms. The molecule has 0 aliphatic heterocycles. The van der Waals surface area contributed by atoms with Crippen molar-refractivity contribution in [2.75, 3.05) is 5.73 Å². The Morgan fingerprint density at radius 2 is 1.93 bits per heavy atom. The third kappa shape index (κ3) is 2.68. The average Bonchev–Trinajstić information content (AvgIpc) is 2.04. The first kappa shape index (κ1) is 11.5. The van der Waals surface area contributed by atoms with Gasteiger partial charge in [0.2, 0.25) is 0 Å². The van der Waals surface area contributed by atoms with Crippen molar-refractivity contribution in [1.29, 1.82) is 0 Å². The smallest absolute Gasteiger partial charge is 0.405 e. The van der Waals surface area contributed by atoms with E-state index in [0.717, 1.165) is 6.07 Å². The van der Waals surface area contributed by atoms with Crippen molar-refractivity contribution in [3.63, 3.8) is 0 Å². The minimum absolute atomic E-state index is 0.00764. The normalized spacial score (nSPS) is 11.5. The average molecular weight is 290 g/mol. The van der Waals surface area contributed by atoms with Crippen LogP contribution < -0.4 is 10.5 Å². The van der Waals surface area contributed by atoms with Crippen molar-refractivity contribution in [1.82, 2.24) is 0 Å². The molecule has 7 heteroatoms. The van der Waals surface area contributed by atoms with Crippen LogP contribution in [0, 0.1) is 0 Å². The lowest BCUT2D eigenvalue weighted by Gasteiger charge is -2.11.